The molecule has 0 aliphatic rings. The van der Waals surface area contributed by atoms with Crippen LogP contribution < -0.4 is 5.32 Å². The van der Waals surface area contributed by atoms with Gasteiger partial charge in [0, 0.05) is 23.6 Å². The minimum Gasteiger partial charge on any atom is -0.481 e. The van der Waals surface area contributed by atoms with E-state index in [0.29, 0.717) is 12.2 Å². The summed E-state index contributed by atoms with van der Waals surface area (Å²) in [6, 6.07) is -0.106. The van der Waals surface area contributed by atoms with Gasteiger partial charge in [0.2, 0.25) is 5.91 Å². The van der Waals surface area contributed by atoms with Crippen molar-refractivity contribution in [2.45, 2.75) is 38.5 Å². The normalized spacial score (nSPS) is 12.1. The molecule has 5 nitrogen and oxygen atoms in total. The fourth-order valence-electron chi connectivity index (χ4n) is 1.45. The Hall–Kier alpha value is -1.08. The highest BCUT2D eigenvalue weighted by Crippen LogP contribution is 2.14. The lowest BCUT2D eigenvalue weighted by molar-refractivity contribution is -0.137. The molecule has 1 amide bonds. The maximum atomic E-state index is 11.6. The first-order valence-corrected chi connectivity index (χ1v) is 8.00. The lowest BCUT2D eigenvalue weighted by Crippen LogP contribution is -2.34. The van der Waals surface area contributed by atoms with Gasteiger partial charge in [-0.15, -0.1) is 23.1 Å². The summed E-state index contributed by atoms with van der Waals surface area (Å²) in [4.78, 5) is 26.3. The largest absolute Gasteiger partial charge is 0.481 e. The van der Waals surface area contributed by atoms with Crippen LogP contribution in [0.2, 0.25) is 0 Å². The SMILES string of the molecule is Cc1nc(CSCC(=O)NC(C)CCC(=O)O)cs1. The van der Waals surface area contributed by atoms with E-state index in [0.717, 1.165) is 16.5 Å². The number of nitrogens with zero attached hydrogens (tertiary/aromatic N) is 1. The van der Waals surface area contributed by atoms with Crippen LogP contribution >= 0.6 is 23.1 Å². The molecule has 1 aromatic rings. The van der Waals surface area contributed by atoms with Crippen molar-refractivity contribution in [3.05, 3.63) is 16.1 Å². The Morgan fingerprint density at radius 3 is 2.89 bits per heavy atom. The lowest BCUT2D eigenvalue weighted by atomic mass is 10.2. The van der Waals surface area contributed by atoms with Gasteiger partial charge >= 0.3 is 5.97 Å². The summed E-state index contributed by atoms with van der Waals surface area (Å²) in [5, 5.41) is 14.4. The second kappa shape index (κ2) is 8.16. The molecule has 0 spiro atoms. The number of carbonyl (C=O) groups is 2. The van der Waals surface area contributed by atoms with Gasteiger partial charge in [-0.3, -0.25) is 9.59 Å². The van der Waals surface area contributed by atoms with Crippen molar-refractivity contribution in [2.24, 2.45) is 0 Å². The summed E-state index contributed by atoms with van der Waals surface area (Å²) >= 11 is 3.11. The molecule has 0 saturated carbocycles. The average molecular weight is 302 g/mol. The molecule has 0 aromatic carbocycles. The van der Waals surface area contributed by atoms with Crippen LogP contribution in [-0.4, -0.2) is 33.8 Å². The lowest BCUT2D eigenvalue weighted by Gasteiger charge is -2.12. The zero-order valence-corrected chi connectivity index (χ0v) is 12.6. The van der Waals surface area contributed by atoms with Gasteiger partial charge in [0.1, 0.15) is 0 Å². The third-order valence-electron chi connectivity index (χ3n) is 2.35. The summed E-state index contributed by atoms with van der Waals surface area (Å²) in [5.41, 5.74) is 0.999. The molecule has 7 heteroatoms. The quantitative estimate of drug-likeness (QED) is 0.768. The fraction of sp³-hybridized carbons (Fsp3) is 0.583. The van der Waals surface area contributed by atoms with E-state index in [-0.39, 0.29) is 18.4 Å². The second-order valence-electron chi connectivity index (χ2n) is 4.25. The van der Waals surface area contributed by atoms with Crippen molar-refractivity contribution in [2.75, 3.05) is 5.75 Å². The van der Waals surface area contributed by atoms with Gasteiger partial charge in [0.05, 0.1) is 16.5 Å². The Labute approximate surface area is 120 Å². The number of hydrogen-bond donors (Lipinski definition) is 2. The molecule has 19 heavy (non-hydrogen) atoms. The third-order valence-corrected chi connectivity index (χ3v) is 4.14. The molecule has 0 radical (unpaired) electrons. The van der Waals surface area contributed by atoms with E-state index in [2.05, 4.69) is 10.3 Å². The molecular formula is C12H18N2O3S2. The van der Waals surface area contributed by atoms with E-state index in [1.807, 2.05) is 19.2 Å². The summed E-state index contributed by atoms with van der Waals surface area (Å²) < 4.78 is 0. The van der Waals surface area contributed by atoms with Crippen molar-refractivity contribution in [3.8, 4) is 0 Å². The standard InChI is InChI=1S/C12H18N2O3S2/c1-8(3-4-12(16)17)13-11(15)7-18-5-10-6-19-9(2)14-10/h6,8H,3-5,7H2,1-2H3,(H,13,15)(H,16,17). The third kappa shape index (κ3) is 7.17. The number of carboxylic acids is 1. The Kier molecular flexibility index (Phi) is 6.86. The molecule has 1 heterocycles. The van der Waals surface area contributed by atoms with E-state index in [4.69, 9.17) is 5.11 Å². The highest BCUT2D eigenvalue weighted by Gasteiger charge is 2.09. The van der Waals surface area contributed by atoms with Gasteiger partial charge in [-0.2, -0.15) is 0 Å². The van der Waals surface area contributed by atoms with E-state index in [9.17, 15) is 9.59 Å². The molecule has 2 N–H and O–H groups in total. The van der Waals surface area contributed by atoms with Gasteiger partial charge in [-0.05, 0) is 20.3 Å². The zero-order chi connectivity index (χ0) is 14.3. The molecule has 0 saturated heterocycles. The first-order chi connectivity index (χ1) is 8.97. The predicted molar refractivity (Wildman–Crippen MR) is 77.5 cm³/mol. The number of amides is 1. The Morgan fingerprint density at radius 1 is 1.58 bits per heavy atom. The van der Waals surface area contributed by atoms with Gasteiger partial charge in [-0.25, -0.2) is 4.98 Å². The monoisotopic (exact) mass is 302 g/mol. The minimum atomic E-state index is -0.839. The number of carboxylic acid groups (broad SMARTS) is 1. The van der Waals surface area contributed by atoms with E-state index in [1.54, 1.807) is 11.3 Å². The average Bonchev–Trinajstić information content (AvgIpc) is 2.72. The van der Waals surface area contributed by atoms with Crippen molar-refractivity contribution >= 4 is 35.0 Å². The number of thiazole rings is 1. The highest BCUT2D eigenvalue weighted by atomic mass is 32.2. The molecule has 0 bridgehead atoms. The molecule has 1 aromatic heterocycles. The number of nitrogens with one attached hydrogen (secondary N) is 1. The maximum Gasteiger partial charge on any atom is 0.303 e. The topological polar surface area (TPSA) is 79.3 Å². The Balaban J connectivity index is 2.15. The van der Waals surface area contributed by atoms with Gasteiger partial charge < -0.3 is 10.4 Å². The van der Waals surface area contributed by atoms with Crippen molar-refractivity contribution in [1.29, 1.82) is 0 Å². The van der Waals surface area contributed by atoms with Gasteiger partial charge in [0.25, 0.3) is 0 Å². The molecule has 106 valence electrons. The van der Waals surface area contributed by atoms with Crippen LogP contribution in [0, 0.1) is 6.92 Å². The number of carbonyl (C=O) groups excluding carboxylic acids is 1. The number of aliphatic carboxylic acids is 1. The first kappa shape index (κ1) is 16.0. The summed E-state index contributed by atoms with van der Waals surface area (Å²) in [7, 11) is 0. The van der Waals surface area contributed by atoms with E-state index < -0.39 is 5.97 Å². The number of hydrogen-bond acceptors (Lipinski definition) is 5. The summed E-state index contributed by atoms with van der Waals surface area (Å²) in [5.74, 6) is 0.194. The summed E-state index contributed by atoms with van der Waals surface area (Å²) in [6.45, 7) is 3.77. The van der Waals surface area contributed by atoms with Gasteiger partial charge in [-0.1, -0.05) is 0 Å². The van der Waals surface area contributed by atoms with Crippen LogP contribution in [0.25, 0.3) is 0 Å². The number of thioether (sulfide) groups is 1. The molecule has 1 atom stereocenters. The summed E-state index contributed by atoms with van der Waals surface area (Å²) in [6.07, 6.45) is 0.531. The smallest absolute Gasteiger partial charge is 0.303 e. The van der Waals surface area contributed by atoms with E-state index in [1.165, 1.54) is 11.8 Å². The van der Waals surface area contributed by atoms with Gasteiger partial charge in [0.15, 0.2) is 0 Å². The first-order valence-electron chi connectivity index (χ1n) is 5.97. The Bertz CT molecular complexity index is 434. The minimum absolute atomic E-state index is 0.0603. The number of aryl methyl sites for hydroxylation is 1. The second-order valence-corrected chi connectivity index (χ2v) is 6.30. The molecule has 0 aliphatic heterocycles. The molecule has 1 rings (SSSR count). The van der Waals surface area contributed by atoms with Crippen molar-refractivity contribution in [3.63, 3.8) is 0 Å². The maximum absolute atomic E-state index is 11.6. The molecule has 0 fully saturated rings. The fourth-order valence-corrected chi connectivity index (χ4v) is 2.90. The number of aromatic nitrogens is 1. The van der Waals surface area contributed by atoms with Crippen LogP contribution in [0.1, 0.15) is 30.5 Å². The molecular weight excluding hydrogens is 284 g/mol. The predicted octanol–water partition coefficient (Wildman–Crippen LogP) is 2.05. The highest BCUT2D eigenvalue weighted by molar-refractivity contribution is 7.99. The van der Waals surface area contributed by atoms with Crippen LogP contribution in [0.4, 0.5) is 0 Å². The van der Waals surface area contributed by atoms with Crippen molar-refractivity contribution < 1.29 is 14.7 Å². The van der Waals surface area contributed by atoms with Crippen LogP contribution in [0.3, 0.4) is 0 Å². The Morgan fingerprint density at radius 2 is 2.32 bits per heavy atom. The van der Waals surface area contributed by atoms with E-state index >= 15 is 0 Å². The van der Waals surface area contributed by atoms with Crippen molar-refractivity contribution in [1.82, 2.24) is 10.3 Å². The molecule has 1 unspecified atom stereocenters. The van der Waals surface area contributed by atoms with Crippen LogP contribution in [0.5, 0.6) is 0 Å². The number of rotatable bonds is 8. The van der Waals surface area contributed by atoms with Crippen LogP contribution in [0.15, 0.2) is 5.38 Å². The zero-order valence-electron chi connectivity index (χ0n) is 11.0. The van der Waals surface area contributed by atoms with Crippen LogP contribution in [-0.2, 0) is 15.3 Å². The molecule has 0 aliphatic carbocycles.